The van der Waals surface area contributed by atoms with Gasteiger partial charge in [-0.2, -0.15) is 0 Å². The van der Waals surface area contributed by atoms with Crippen molar-refractivity contribution in [2.75, 3.05) is 13.1 Å². The summed E-state index contributed by atoms with van der Waals surface area (Å²) in [5.74, 6) is 0. The lowest BCUT2D eigenvalue weighted by molar-refractivity contribution is 0.292. The van der Waals surface area contributed by atoms with Gasteiger partial charge in [0.15, 0.2) is 0 Å². The predicted molar refractivity (Wildman–Crippen MR) is 60.2 cm³/mol. The monoisotopic (exact) mass is 192 g/mol. The van der Waals surface area contributed by atoms with Gasteiger partial charge in [-0.25, -0.2) is 0 Å². The van der Waals surface area contributed by atoms with E-state index in [-0.39, 0.29) is 0 Å². The Balaban J connectivity index is 2.58. The molecule has 0 bridgehead atoms. The lowest BCUT2D eigenvalue weighted by Crippen LogP contribution is -2.22. The second-order valence-corrected chi connectivity index (χ2v) is 3.47. The van der Waals surface area contributed by atoms with Crippen LogP contribution in [0.5, 0.6) is 0 Å². The first-order valence-electron chi connectivity index (χ1n) is 5.46. The number of rotatable bonds is 5. The van der Waals surface area contributed by atoms with E-state index in [4.69, 9.17) is 0 Å². The average molecular weight is 192 g/mol. The maximum Gasteiger partial charge on any atom is 0.0544 e. The molecule has 14 heavy (non-hydrogen) atoms. The van der Waals surface area contributed by atoms with Crippen LogP contribution in [0.15, 0.2) is 18.3 Å². The SMILES string of the molecule is CCc1ccc(CN(CC)CC)nc1. The number of aromatic nitrogens is 1. The summed E-state index contributed by atoms with van der Waals surface area (Å²) in [7, 11) is 0. The van der Waals surface area contributed by atoms with Crippen molar-refractivity contribution in [1.82, 2.24) is 9.88 Å². The fourth-order valence-electron chi connectivity index (χ4n) is 1.43. The number of hydrogen-bond donors (Lipinski definition) is 0. The summed E-state index contributed by atoms with van der Waals surface area (Å²) >= 11 is 0. The van der Waals surface area contributed by atoms with Crippen LogP contribution in [-0.2, 0) is 13.0 Å². The summed E-state index contributed by atoms with van der Waals surface area (Å²) in [6, 6.07) is 4.31. The van der Waals surface area contributed by atoms with Crippen molar-refractivity contribution < 1.29 is 0 Å². The van der Waals surface area contributed by atoms with Crippen molar-refractivity contribution in [3.8, 4) is 0 Å². The van der Waals surface area contributed by atoms with Crippen molar-refractivity contribution in [2.45, 2.75) is 33.7 Å². The van der Waals surface area contributed by atoms with Gasteiger partial charge in [-0.1, -0.05) is 26.8 Å². The van der Waals surface area contributed by atoms with Gasteiger partial charge in [-0.15, -0.1) is 0 Å². The third kappa shape index (κ3) is 3.11. The fourth-order valence-corrected chi connectivity index (χ4v) is 1.43. The molecule has 0 radical (unpaired) electrons. The normalized spacial score (nSPS) is 10.9. The molecule has 0 atom stereocenters. The Hall–Kier alpha value is -0.890. The van der Waals surface area contributed by atoms with Crippen LogP contribution >= 0.6 is 0 Å². The highest BCUT2D eigenvalue weighted by Crippen LogP contribution is 2.04. The molecule has 0 fully saturated rings. The van der Waals surface area contributed by atoms with Gasteiger partial charge in [0.25, 0.3) is 0 Å². The van der Waals surface area contributed by atoms with E-state index in [0.29, 0.717) is 0 Å². The van der Waals surface area contributed by atoms with Gasteiger partial charge in [-0.05, 0) is 31.1 Å². The smallest absolute Gasteiger partial charge is 0.0544 e. The molecule has 1 heterocycles. The summed E-state index contributed by atoms with van der Waals surface area (Å²) in [6.45, 7) is 9.67. The van der Waals surface area contributed by atoms with Gasteiger partial charge in [-0.3, -0.25) is 9.88 Å². The molecule has 78 valence electrons. The molecule has 0 N–H and O–H groups in total. The topological polar surface area (TPSA) is 16.1 Å². The molecule has 2 nitrogen and oxygen atoms in total. The van der Waals surface area contributed by atoms with E-state index < -0.39 is 0 Å². The zero-order valence-corrected chi connectivity index (χ0v) is 9.45. The van der Waals surface area contributed by atoms with Gasteiger partial charge >= 0.3 is 0 Å². The maximum atomic E-state index is 4.44. The van der Waals surface area contributed by atoms with E-state index in [1.54, 1.807) is 0 Å². The highest BCUT2D eigenvalue weighted by molar-refractivity contribution is 5.13. The zero-order valence-electron chi connectivity index (χ0n) is 9.45. The number of aryl methyl sites for hydroxylation is 1. The summed E-state index contributed by atoms with van der Waals surface area (Å²) in [6.07, 6.45) is 3.05. The highest BCUT2D eigenvalue weighted by Gasteiger charge is 2.01. The molecule has 0 spiro atoms. The van der Waals surface area contributed by atoms with Gasteiger partial charge in [0.1, 0.15) is 0 Å². The van der Waals surface area contributed by atoms with E-state index in [9.17, 15) is 0 Å². The minimum absolute atomic E-state index is 0.969. The Labute approximate surface area is 87.0 Å². The van der Waals surface area contributed by atoms with Crippen LogP contribution in [0.1, 0.15) is 32.0 Å². The third-order valence-corrected chi connectivity index (χ3v) is 2.57. The Bertz CT molecular complexity index is 250. The molecule has 0 aromatic carbocycles. The summed E-state index contributed by atoms with van der Waals surface area (Å²) < 4.78 is 0. The Morgan fingerprint density at radius 2 is 1.86 bits per heavy atom. The molecule has 0 aliphatic rings. The fraction of sp³-hybridized carbons (Fsp3) is 0.583. The van der Waals surface area contributed by atoms with E-state index in [2.05, 4.69) is 42.8 Å². The van der Waals surface area contributed by atoms with Crippen LogP contribution in [0.2, 0.25) is 0 Å². The number of hydrogen-bond acceptors (Lipinski definition) is 2. The minimum atomic E-state index is 0.969. The number of pyridine rings is 1. The van der Waals surface area contributed by atoms with Gasteiger partial charge in [0.05, 0.1) is 5.69 Å². The standard InChI is InChI=1S/C12H20N2/c1-4-11-7-8-12(13-9-11)10-14(5-2)6-3/h7-9H,4-6,10H2,1-3H3. The first-order valence-corrected chi connectivity index (χ1v) is 5.46. The molecule has 0 unspecified atom stereocenters. The quantitative estimate of drug-likeness (QED) is 0.712. The summed E-state index contributed by atoms with van der Waals surface area (Å²) in [4.78, 5) is 6.81. The Kier molecular flexibility index (Phi) is 4.60. The lowest BCUT2D eigenvalue weighted by atomic mass is 10.2. The zero-order chi connectivity index (χ0) is 10.4. The van der Waals surface area contributed by atoms with Crippen molar-refractivity contribution in [2.24, 2.45) is 0 Å². The molecule has 1 aromatic rings. The summed E-state index contributed by atoms with van der Waals surface area (Å²) in [5.41, 5.74) is 2.49. The predicted octanol–water partition coefficient (Wildman–Crippen LogP) is 2.49. The van der Waals surface area contributed by atoms with Crippen LogP contribution in [0.25, 0.3) is 0 Å². The lowest BCUT2D eigenvalue weighted by Gasteiger charge is -2.17. The molecular formula is C12H20N2. The van der Waals surface area contributed by atoms with E-state index in [1.807, 2.05) is 6.20 Å². The van der Waals surface area contributed by atoms with Crippen LogP contribution in [-0.4, -0.2) is 23.0 Å². The molecule has 0 aliphatic heterocycles. The third-order valence-electron chi connectivity index (χ3n) is 2.57. The van der Waals surface area contributed by atoms with E-state index >= 15 is 0 Å². The number of nitrogens with zero attached hydrogens (tertiary/aromatic N) is 2. The maximum absolute atomic E-state index is 4.44. The molecule has 0 aliphatic carbocycles. The van der Waals surface area contributed by atoms with Crippen molar-refractivity contribution in [3.63, 3.8) is 0 Å². The highest BCUT2D eigenvalue weighted by atomic mass is 15.1. The molecule has 1 rings (SSSR count). The largest absolute Gasteiger partial charge is 0.298 e. The first kappa shape index (κ1) is 11.2. The minimum Gasteiger partial charge on any atom is -0.298 e. The molecule has 0 amide bonds. The van der Waals surface area contributed by atoms with Crippen molar-refractivity contribution in [1.29, 1.82) is 0 Å². The average Bonchev–Trinajstić information content (AvgIpc) is 2.26. The van der Waals surface area contributed by atoms with Crippen molar-refractivity contribution >= 4 is 0 Å². The molecule has 0 saturated heterocycles. The second-order valence-electron chi connectivity index (χ2n) is 3.47. The Morgan fingerprint density at radius 3 is 2.29 bits per heavy atom. The van der Waals surface area contributed by atoms with E-state index in [1.165, 1.54) is 11.3 Å². The van der Waals surface area contributed by atoms with Crippen LogP contribution in [0.3, 0.4) is 0 Å². The molecule has 1 aromatic heterocycles. The van der Waals surface area contributed by atoms with Crippen LogP contribution < -0.4 is 0 Å². The van der Waals surface area contributed by atoms with Crippen LogP contribution in [0, 0.1) is 0 Å². The second kappa shape index (κ2) is 5.76. The van der Waals surface area contributed by atoms with Gasteiger partial charge in [0, 0.05) is 12.7 Å². The summed E-state index contributed by atoms with van der Waals surface area (Å²) in [5, 5.41) is 0. The van der Waals surface area contributed by atoms with Crippen molar-refractivity contribution in [3.05, 3.63) is 29.6 Å². The molecule has 2 heteroatoms. The Morgan fingerprint density at radius 1 is 1.14 bits per heavy atom. The van der Waals surface area contributed by atoms with Crippen LogP contribution in [0.4, 0.5) is 0 Å². The van der Waals surface area contributed by atoms with E-state index in [0.717, 1.165) is 26.1 Å². The first-order chi connectivity index (χ1) is 6.80. The van der Waals surface area contributed by atoms with Gasteiger partial charge in [0.2, 0.25) is 0 Å². The molecular weight excluding hydrogens is 172 g/mol. The van der Waals surface area contributed by atoms with Gasteiger partial charge < -0.3 is 0 Å². The molecule has 0 saturated carbocycles.